The van der Waals surface area contributed by atoms with Crippen LogP contribution in [0.1, 0.15) is 28.9 Å². The molecule has 0 spiro atoms. The van der Waals surface area contributed by atoms with Crippen LogP contribution in [0.5, 0.6) is 0 Å². The summed E-state index contributed by atoms with van der Waals surface area (Å²) in [5.74, 6) is -0.403. The van der Waals surface area contributed by atoms with Crippen LogP contribution in [0.2, 0.25) is 10.0 Å². The standard InChI is InChI=1S/C18H14Cl2N2O2/c1-10(23)12-8-11-4-2-7-15(17(11)21-9-12)22-18(24)16-13(19)5-3-6-14(16)20/h2-10,23H,1H3,(H,22,24). The number of aliphatic hydroxyl groups is 1. The average Bonchev–Trinajstić information content (AvgIpc) is 2.54. The van der Waals surface area contributed by atoms with Crippen LogP contribution in [0, 0.1) is 0 Å². The Morgan fingerprint density at radius 1 is 1.17 bits per heavy atom. The minimum absolute atomic E-state index is 0.221. The average molecular weight is 361 g/mol. The Kier molecular flexibility index (Phi) is 4.71. The second-order valence-corrected chi connectivity index (χ2v) is 6.19. The molecule has 24 heavy (non-hydrogen) atoms. The molecule has 3 aromatic rings. The number of fused-ring (bicyclic) bond motifs is 1. The molecule has 0 aliphatic carbocycles. The number of hydrogen-bond donors (Lipinski definition) is 2. The van der Waals surface area contributed by atoms with Crippen LogP contribution in [-0.4, -0.2) is 16.0 Å². The van der Waals surface area contributed by atoms with E-state index in [2.05, 4.69) is 10.3 Å². The molecule has 0 radical (unpaired) electrons. The number of carbonyl (C=O) groups excluding carboxylic acids is 1. The Bertz CT molecular complexity index is 906. The molecule has 0 bridgehead atoms. The van der Waals surface area contributed by atoms with Gasteiger partial charge in [0.05, 0.1) is 32.9 Å². The lowest BCUT2D eigenvalue weighted by Crippen LogP contribution is -2.13. The minimum Gasteiger partial charge on any atom is -0.389 e. The number of nitrogens with one attached hydrogen (secondary N) is 1. The lowest BCUT2D eigenvalue weighted by atomic mass is 10.1. The molecule has 6 heteroatoms. The van der Waals surface area contributed by atoms with Gasteiger partial charge in [0.2, 0.25) is 0 Å². The van der Waals surface area contributed by atoms with E-state index in [1.165, 1.54) is 0 Å². The molecule has 2 aromatic carbocycles. The second-order valence-electron chi connectivity index (χ2n) is 5.37. The molecule has 0 aliphatic rings. The van der Waals surface area contributed by atoms with Crippen molar-refractivity contribution < 1.29 is 9.90 Å². The van der Waals surface area contributed by atoms with E-state index in [0.29, 0.717) is 16.8 Å². The zero-order chi connectivity index (χ0) is 17.3. The van der Waals surface area contributed by atoms with Gasteiger partial charge in [0.15, 0.2) is 0 Å². The van der Waals surface area contributed by atoms with Gasteiger partial charge in [-0.1, -0.05) is 41.4 Å². The Morgan fingerprint density at radius 2 is 1.83 bits per heavy atom. The number of aromatic nitrogens is 1. The van der Waals surface area contributed by atoms with Crippen molar-refractivity contribution in [3.63, 3.8) is 0 Å². The SMILES string of the molecule is CC(O)c1cnc2c(NC(=O)c3c(Cl)cccc3Cl)cccc2c1. The Hall–Kier alpha value is -2.14. The van der Waals surface area contributed by atoms with E-state index < -0.39 is 12.0 Å². The molecule has 1 atom stereocenters. The van der Waals surface area contributed by atoms with E-state index in [-0.39, 0.29) is 15.6 Å². The number of nitrogens with zero attached hydrogens (tertiary/aromatic N) is 1. The summed E-state index contributed by atoms with van der Waals surface area (Å²) in [4.78, 5) is 16.9. The van der Waals surface area contributed by atoms with Gasteiger partial charge in [-0.3, -0.25) is 9.78 Å². The third kappa shape index (κ3) is 3.22. The summed E-state index contributed by atoms with van der Waals surface area (Å²) < 4.78 is 0. The quantitative estimate of drug-likeness (QED) is 0.701. The number of aliphatic hydroxyl groups excluding tert-OH is 1. The van der Waals surface area contributed by atoms with Gasteiger partial charge in [0.25, 0.3) is 5.91 Å². The first-order chi connectivity index (χ1) is 11.5. The predicted molar refractivity (Wildman–Crippen MR) is 96.8 cm³/mol. The van der Waals surface area contributed by atoms with Gasteiger partial charge in [-0.15, -0.1) is 0 Å². The number of rotatable bonds is 3. The highest BCUT2D eigenvalue weighted by Crippen LogP contribution is 2.28. The maximum atomic E-state index is 12.5. The topological polar surface area (TPSA) is 62.2 Å². The van der Waals surface area contributed by atoms with Crippen molar-refractivity contribution in [3.05, 3.63) is 69.8 Å². The summed E-state index contributed by atoms with van der Waals surface area (Å²) in [5, 5.41) is 13.8. The van der Waals surface area contributed by atoms with E-state index in [1.54, 1.807) is 43.5 Å². The highest BCUT2D eigenvalue weighted by molar-refractivity contribution is 6.40. The number of para-hydroxylation sites is 1. The minimum atomic E-state index is -0.609. The van der Waals surface area contributed by atoms with Crippen molar-refractivity contribution >= 4 is 45.7 Å². The van der Waals surface area contributed by atoms with Crippen molar-refractivity contribution in [2.75, 3.05) is 5.32 Å². The number of hydrogen-bond acceptors (Lipinski definition) is 3. The molecule has 0 saturated heterocycles. The van der Waals surface area contributed by atoms with E-state index in [0.717, 1.165) is 5.39 Å². The molecule has 0 saturated carbocycles. The number of carbonyl (C=O) groups is 1. The summed E-state index contributed by atoms with van der Waals surface area (Å²) >= 11 is 12.2. The summed E-state index contributed by atoms with van der Waals surface area (Å²) in [6.07, 6.45) is 0.979. The van der Waals surface area contributed by atoms with Crippen molar-refractivity contribution in [2.24, 2.45) is 0 Å². The van der Waals surface area contributed by atoms with Crippen molar-refractivity contribution in [2.45, 2.75) is 13.0 Å². The summed E-state index contributed by atoms with van der Waals surface area (Å²) in [7, 11) is 0. The number of benzene rings is 2. The summed E-state index contributed by atoms with van der Waals surface area (Å²) in [5.41, 5.74) is 2.10. The molecule has 0 fully saturated rings. The van der Waals surface area contributed by atoms with E-state index in [1.807, 2.05) is 12.1 Å². The van der Waals surface area contributed by atoms with E-state index in [9.17, 15) is 9.90 Å². The van der Waals surface area contributed by atoms with Crippen LogP contribution < -0.4 is 5.32 Å². The molecule has 3 rings (SSSR count). The molecule has 1 aromatic heterocycles. The fraction of sp³-hybridized carbons (Fsp3) is 0.111. The first kappa shape index (κ1) is 16.7. The lowest BCUT2D eigenvalue weighted by molar-refractivity contribution is 0.102. The third-order valence-electron chi connectivity index (χ3n) is 3.65. The van der Waals surface area contributed by atoms with Gasteiger partial charge in [0, 0.05) is 11.6 Å². The number of anilines is 1. The first-order valence-electron chi connectivity index (χ1n) is 7.29. The Labute approximate surface area is 149 Å². The second kappa shape index (κ2) is 6.77. The number of amides is 1. The van der Waals surface area contributed by atoms with Gasteiger partial charge in [-0.05, 0) is 36.8 Å². The van der Waals surface area contributed by atoms with Gasteiger partial charge in [-0.2, -0.15) is 0 Å². The predicted octanol–water partition coefficient (Wildman–Crippen LogP) is 4.85. The summed E-state index contributed by atoms with van der Waals surface area (Å²) in [6.45, 7) is 1.67. The Morgan fingerprint density at radius 3 is 2.50 bits per heavy atom. The molecular formula is C18H14Cl2N2O2. The van der Waals surface area contributed by atoms with Crippen molar-refractivity contribution in [1.82, 2.24) is 4.98 Å². The van der Waals surface area contributed by atoms with Crippen molar-refractivity contribution in [1.29, 1.82) is 0 Å². The number of pyridine rings is 1. The highest BCUT2D eigenvalue weighted by atomic mass is 35.5. The van der Waals surface area contributed by atoms with Crippen LogP contribution >= 0.6 is 23.2 Å². The normalized spacial score (nSPS) is 12.2. The molecule has 1 heterocycles. The monoisotopic (exact) mass is 360 g/mol. The highest BCUT2D eigenvalue weighted by Gasteiger charge is 2.16. The van der Waals surface area contributed by atoms with Gasteiger partial charge in [-0.25, -0.2) is 0 Å². The third-order valence-corrected chi connectivity index (χ3v) is 4.28. The molecule has 2 N–H and O–H groups in total. The molecule has 1 unspecified atom stereocenters. The molecule has 4 nitrogen and oxygen atoms in total. The van der Waals surface area contributed by atoms with Crippen LogP contribution in [0.3, 0.4) is 0 Å². The fourth-order valence-electron chi connectivity index (χ4n) is 2.41. The summed E-state index contributed by atoms with van der Waals surface area (Å²) in [6, 6.07) is 12.2. The van der Waals surface area contributed by atoms with Crippen LogP contribution in [0.4, 0.5) is 5.69 Å². The smallest absolute Gasteiger partial charge is 0.258 e. The molecule has 1 amide bonds. The fourth-order valence-corrected chi connectivity index (χ4v) is 2.98. The zero-order valence-electron chi connectivity index (χ0n) is 12.8. The Balaban J connectivity index is 2.00. The number of halogens is 2. The van der Waals surface area contributed by atoms with Crippen LogP contribution in [0.25, 0.3) is 10.9 Å². The molecule has 122 valence electrons. The largest absolute Gasteiger partial charge is 0.389 e. The zero-order valence-corrected chi connectivity index (χ0v) is 14.3. The van der Waals surface area contributed by atoms with Crippen LogP contribution in [0.15, 0.2) is 48.7 Å². The van der Waals surface area contributed by atoms with Gasteiger partial charge >= 0.3 is 0 Å². The first-order valence-corrected chi connectivity index (χ1v) is 8.05. The molecule has 0 aliphatic heterocycles. The van der Waals surface area contributed by atoms with Gasteiger partial charge < -0.3 is 10.4 Å². The van der Waals surface area contributed by atoms with Crippen LogP contribution in [-0.2, 0) is 0 Å². The lowest BCUT2D eigenvalue weighted by Gasteiger charge is -2.11. The van der Waals surface area contributed by atoms with Gasteiger partial charge in [0.1, 0.15) is 0 Å². The van der Waals surface area contributed by atoms with E-state index in [4.69, 9.17) is 23.2 Å². The maximum absolute atomic E-state index is 12.5. The van der Waals surface area contributed by atoms with E-state index >= 15 is 0 Å². The molecular weight excluding hydrogens is 347 g/mol. The maximum Gasteiger partial charge on any atom is 0.258 e. The van der Waals surface area contributed by atoms with Crippen molar-refractivity contribution in [3.8, 4) is 0 Å².